The number of nitrogens with zero attached hydrogens (tertiary/aromatic N) is 5. The highest BCUT2D eigenvalue weighted by Crippen LogP contribution is 2.61. The predicted molar refractivity (Wildman–Crippen MR) is 152 cm³/mol. The Labute approximate surface area is 268 Å². The smallest absolute Gasteiger partial charge is 0.387 e. The number of carbonyl (C=O) groups is 1. The summed E-state index contributed by atoms with van der Waals surface area (Å²) >= 11 is 0. The average Bonchev–Trinajstić information content (AvgIpc) is 3.64. The molecule has 48 heavy (non-hydrogen) atoms. The van der Waals surface area contributed by atoms with Gasteiger partial charge in [-0.15, -0.1) is 0 Å². The SMILES string of the molecule is CC(=O)c1ccc[n+]([C@@H]2O[C@H](COP(=O)(O)OP(=O)(O)OC[C@@H]3O[C@H](n4cnc5c(N)ncnc54)[C@H](O)[C@@H]3OP(=O)(O)O)[C@@H](O)[C@@H]2O)c1. The minimum Gasteiger partial charge on any atom is -0.387 e. The number of hydrogen-bond acceptors (Lipinski definition) is 17. The van der Waals surface area contributed by atoms with E-state index in [1.165, 1.54) is 36.0 Å². The lowest BCUT2D eigenvalue weighted by Crippen LogP contribution is -2.46. The molecule has 0 saturated carbocycles. The third-order valence-corrected chi connectivity index (χ3v) is 10.2. The van der Waals surface area contributed by atoms with Gasteiger partial charge in [0.25, 0.3) is 6.23 Å². The van der Waals surface area contributed by atoms with Crippen LogP contribution < -0.4 is 10.3 Å². The molecule has 3 aromatic rings. The lowest BCUT2D eigenvalue weighted by molar-refractivity contribution is -0.765. The summed E-state index contributed by atoms with van der Waals surface area (Å²) in [5.74, 6) is -0.328. The van der Waals surface area contributed by atoms with Gasteiger partial charge in [0.05, 0.1) is 25.1 Å². The molecule has 0 spiro atoms. The normalized spacial score (nSPS) is 30.3. The van der Waals surface area contributed by atoms with E-state index in [9.17, 15) is 53.4 Å². The van der Waals surface area contributed by atoms with E-state index in [-0.39, 0.29) is 28.3 Å². The monoisotopic (exact) mass is 743 g/mol. The molecule has 5 heterocycles. The van der Waals surface area contributed by atoms with Gasteiger partial charge in [-0.05, 0) is 13.0 Å². The third kappa shape index (κ3) is 8.20. The Hall–Kier alpha value is -2.66. The first-order valence-corrected chi connectivity index (χ1v) is 18.1. The first-order chi connectivity index (χ1) is 22.4. The van der Waals surface area contributed by atoms with Crippen LogP contribution in [0.4, 0.5) is 5.82 Å². The molecule has 0 amide bonds. The number of carbonyl (C=O) groups excluding carboxylic acids is 1. The van der Waals surface area contributed by atoms with Gasteiger partial charge >= 0.3 is 23.5 Å². The maximum Gasteiger partial charge on any atom is 0.481 e. The summed E-state index contributed by atoms with van der Waals surface area (Å²) in [6.07, 6.45) is -8.01. The fourth-order valence-electron chi connectivity index (χ4n) is 4.91. The number of ketones is 1. The molecule has 10 atom stereocenters. The van der Waals surface area contributed by atoms with Crippen molar-refractivity contribution in [1.29, 1.82) is 0 Å². The first kappa shape index (κ1) is 36.6. The number of nitrogen functional groups attached to an aromatic ring is 1. The number of fused-ring (bicyclic) bond motifs is 1. The Kier molecular flexibility index (Phi) is 10.6. The van der Waals surface area contributed by atoms with Crippen LogP contribution in [0.2, 0.25) is 0 Å². The summed E-state index contributed by atoms with van der Waals surface area (Å²) in [7, 11) is -16.3. The van der Waals surface area contributed by atoms with Crippen molar-refractivity contribution in [3.63, 3.8) is 0 Å². The third-order valence-electron chi connectivity index (χ3n) is 7.10. The zero-order valence-electron chi connectivity index (χ0n) is 24.4. The Morgan fingerprint density at radius 2 is 1.65 bits per heavy atom. The quantitative estimate of drug-likeness (QED) is 0.0544. The fraction of sp³-hybridized carbons (Fsp3) is 0.500. The Morgan fingerprint density at radius 1 is 0.979 bits per heavy atom. The van der Waals surface area contributed by atoms with Crippen LogP contribution in [0.15, 0.2) is 37.2 Å². The number of aliphatic hydroxyl groups excluding tert-OH is 3. The number of aliphatic hydroxyl groups is 3. The number of rotatable bonds is 13. The Morgan fingerprint density at radius 3 is 2.29 bits per heavy atom. The fourth-order valence-corrected chi connectivity index (χ4v) is 7.58. The highest BCUT2D eigenvalue weighted by molar-refractivity contribution is 7.61. The van der Waals surface area contributed by atoms with Gasteiger partial charge in [-0.1, -0.05) is 0 Å². The number of aromatic nitrogens is 5. The molecule has 2 aliphatic rings. The maximum absolute atomic E-state index is 12.6. The maximum atomic E-state index is 12.6. The number of ether oxygens (including phenoxy) is 2. The van der Waals surface area contributed by atoms with E-state index in [1.54, 1.807) is 0 Å². The van der Waals surface area contributed by atoms with E-state index < -0.39 is 85.8 Å². The van der Waals surface area contributed by atoms with Gasteiger partial charge in [-0.3, -0.25) is 22.9 Å². The van der Waals surface area contributed by atoms with Gasteiger partial charge < -0.3 is 50.1 Å². The minimum atomic E-state index is -5.55. The number of pyridine rings is 1. The van der Waals surface area contributed by atoms with Crippen molar-refractivity contribution in [2.45, 2.75) is 56.0 Å². The number of phosphoric acid groups is 3. The van der Waals surface area contributed by atoms with Gasteiger partial charge in [0.1, 0.15) is 42.4 Å². The molecule has 9 N–H and O–H groups in total. The second-order valence-corrected chi connectivity index (χ2v) is 14.7. The Balaban J connectivity index is 1.22. The topological polar surface area (TPSA) is 339 Å². The summed E-state index contributed by atoms with van der Waals surface area (Å²) in [6, 6.07) is 2.99. The van der Waals surface area contributed by atoms with E-state index in [4.69, 9.17) is 24.3 Å². The van der Waals surface area contributed by atoms with Crippen LogP contribution in [0, 0.1) is 0 Å². The number of imidazole rings is 1. The van der Waals surface area contributed by atoms with Crippen molar-refractivity contribution >= 4 is 46.2 Å². The standard InChI is InChI=1S/C22H29N6O17P3/c1-10(29)11-3-2-4-27(5-11)21-16(31)15(30)12(42-21)6-40-47(36,37)45-48(38,39)41-7-13-18(44-46(33,34)35)17(32)22(43-13)28-9-26-14-19(23)24-8-25-20(14)28/h2-5,8-9,12-13,15-18,21-22,30-32H,6-7H2,1H3,(H5-,23,24,25,33,34,35,36,37,38,39)/p+1/t12-,13+,15-,16+,17-,18-,21-,22+/m1/s1. The molecule has 0 aliphatic carbocycles. The van der Waals surface area contributed by atoms with Gasteiger partial charge in [0.15, 0.2) is 42.0 Å². The molecular formula is C22H30N6O17P3+. The number of anilines is 1. The molecule has 0 aromatic carbocycles. The van der Waals surface area contributed by atoms with Crippen LogP contribution in [0.25, 0.3) is 11.2 Å². The van der Waals surface area contributed by atoms with Gasteiger partial charge in [0, 0.05) is 6.07 Å². The molecule has 2 fully saturated rings. The summed E-state index contributed by atoms with van der Waals surface area (Å²) in [6.45, 7) is -0.741. The number of hydrogen-bond donors (Lipinski definition) is 8. The number of phosphoric ester groups is 3. The Bertz CT molecular complexity index is 1810. The second-order valence-electron chi connectivity index (χ2n) is 10.5. The summed E-state index contributed by atoms with van der Waals surface area (Å²) in [5, 5.41) is 31.7. The summed E-state index contributed by atoms with van der Waals surface area (Å²) in [4.78, 5) is 62.4. The highest BCUT2D eigenvalue weighted by Gasteiger charge is 2.51. The van der Waals surface area contributed by atoms with E-state index in [2.05, 4.69) is 23.8 Å². The molecule has 2 saturated heterocycles. The largest absolute Gasteiger partial charge is 0.481 e. The van der Waals surface area contributed by atoms with E-state index in [0.29, 0.717) is 0 Å². The van der Waals surface area contributed by atoms with E-state index in [0.717, 1.165) is 17.2 Å². The van der Waals surface area contributed by atoms with Crippen molar-refractivity contribution in [3.8, 4) is 0 Å². The second kappa shape index (κ2) is 13.9. The minimum absolute atomic E-state index is 0.0357. The van der Waals surface area contributed by atoms with Crippen LogP contribution in [0.1, 0.15) is 29.7 Å². The van der Waals surface area contributed by atoms with E-state index in [1.807, 2.05) is 0 Å². The lowest BCUT2D eigenvalue weighted by atomic mass is 10.1. The summed E-state index contributed by atoms with van der Waals surface area (Å²) < 4.78 is 68.6. The van der Waals surface area contributed by atoms with Crippen molar-refractivity contribution in [1.82, 2.24) is 19.5 Å². The zero-order valence-corrected chi connectivity index (χ0v) is 27.0. The van der Waals surface area contributed by atoms with Crippen LogP contribution in [-0.2, 0) is 41.1 Å². The molecule has 0 radical (unpaired) electrons. The van der Waals surface area contributed by atoms with Crippen molar-refractivity contribution in [3.05, 3.63) is 42.7 Å². The van der Waals surface area contributed by atoms with Gasteiger partial charge in [0.2, 0.25) is 0 Å². The predicted octanol–water partition coefficient (Wildman–Crippen LogP) is -1.80. The van der Waals surface area contributed by atoms with Gasteiger partial charge in [-0.2, -0.15) is 8.88 Å². The van der Waals surface area contributed by atoms with Crippen molar-refractivity contribution in [2.75, 3.05) is 18.9 Å². The lowest BCUT2D eigenvalue weighted by Gasteiger charge is -2.22. The molecule has 2 unspecified atom stereocenters. The van der Waals surface area contributed by atoms with Crippen LogP contribution in [0.5, 0.6) is 0 Å². The molecule has 2 aliphatic heterocycles. The average molecular weight is 743 g/mol. The number of nitrogens with two attached hydrogens (primary N) is 1. The molecule has 23 nitrogen and oxygen atoms in total. The van der Waals surface area contributed by atoms with E-state index >= 15 is 0 Å². The molecular weight excluding hydrogens is 713 g/mol. The molecule has 264 valence electrons. The number of Topliss-reactive ketones (excluding diaryl/α,β-unsaturated/α-hetero) is 1. The van der Waals surface area contributed by atoms with Crippen LogP contribution in [-0.4, -0.2) is 110 Å². The molecule has 5 rings (SSSR count). The zero-order chi connectivity index (χ0) is 35.2. The molecule has 26 heteroatoms. The van der Waals surface area contributed by atoms with Crippen LogP contribution in [0.3, 0.4) is 0 Å². The van der Waals surface area contributed by atoms with Crippen molar-refractivity contribution < 1.29 is 85.3 Å². The van der Waals surface area contributed by atoms with Crippen molar-refractivity contribution in [2.24, 2.45) is 0 Å². The molecule has 0 bridgehead atoms. The molecule has 3 aromatic heterocycles. The van der Waals surface area contributed by atoms with Gasteiger partial charge in [-0.25, -0.2) is 28.6 Å². The summed E-state index contributed by atoms with van der Waals surface area (Å²) in [5.41, 5.74) is 6.15. The van der Waals surface area contributed by atoms with Crippen LogP contribution >= 0.6 is 23.5 Å². The highest BCUT2D eigenvalue weighted by atomic mass is 31.3. The first-order valence-electron chi connectivity index (χ1n) is 13.6.